The number of carbonyl (C=O) groups excluding carboxylic acids is 1. The summed E-state index contributed by atoms with van der Waals surface area (Å²) in [6, 6.07) is 0.171. The van der Waals surface area contributed by atoms with E-state index in [2.05, 4.69) is 5.32 Å². The SMILES string of the molecule is CCO[Si](CCCNC(N)=O)(OCC)OCC.[Zr]. The molecular formula is C10H24N2O4SiZr. The van der Waals surface area contributed by atoms with Gasteiger partial charge in [-0.3, -0.25) is 0 Å². The minimum atomic E-state index is -2.56. The second-order valence-corrected chi connectivity index (χ2v) is 6.11. The molecule has 0 saturated carbocycles. The zero-order valence-corrected chi connectivity index (χ0v) is 14.9. The van der Waals surface area contributed by atoms with E-state index in [4.69, 9.17) is 19.0 Å². The molecule has 0 aromatic carbocycles. The number of hydrogen-bond acceptors (Lipinski definition) is 4. The van der Waals surface area contributed by atoms with E-state index in [9.17, 15) is 4.79 Å². The molecule has 2 amide bonds. The van der Waals surface area contributed by atoms with Gasteiger partial charge in [0.2, 0.25) is 0 Å². The molecule has 0 aliphatic heterocycles. The van der Waals surface area contributed by atoms with Crippen LogP contribution in [-0.4, -0.2) is 41.2 Å². The molecule has 0 fully saturated rings. The standard InChI is InChI=1S/C10H24N2O4Si.Zr/c1-4-14-17(15-5-2,16-6-3)9-7-8-12-10(11)13;/h4-9H2,1-3H3,(H3,11,12,13);. The number of nitrogens with two attached hydrogens (primary N) is 1. The number of urea groups is 1. The van der Waals surface area contributed by atoms with Crippen molar-refractivity contribution in [2.75, 3.05) is 26.4 Å². The van der Waals surface area contributed by atoms with E-state index < -0.39 is 14.8 Å². The number of carbonyl (C=O) groups is 1. The Bertz CT molecular complexity index is 205. The number of rotatable bonds is 10. The first-order valence-electron chi connectivity index (χ1n) is 6.05. The Morgan fingerprint density at radius 1 is 1.11 bits per heavy atom. The fraction of sp³-hybridized carbons (Fsp3) is 0.900. The van der Waals surface area contributed by atoms with Gasteiger partial charge in [0, 0.05) is 58.6 Å². The van der Waals surface area contributed by atoms with Gasteiger partial charge in [0.05, 0.1) is 0 Å². The first kappa shape index (κ1) is 20.6. The zero-order valence-electron chi connectivity index (χ0n) is 11.5. The molecule has 8 heteroatoms. The smallest absolute Gasteiger partial charge is 0.374 e. The quantitative estimate of drug-likeness (QED) is 0.454. The first-order chi connectivity index (χ1) is 8.10. The molecule has 0 radical (unpaired) electrons. The van der Waals surface area contributed by atoms with Crippen molar-refractivity contribution in [2.45, 2.75) is 33.2 Å². The van der Waals surface area contributed by atoms with Gasteiger partial charge >= 0.3 is 14.8 Å². The summed E-state index contributed by atoms with van der Waals surface area (Å²) in [6.45, 7) is 7.96. The van der Waals surface area contributed by atoms with Crippen molar-refractivity contribution in [3.63, 3.8) is 0 Å². The molecule has 0 heterocycles. The van der Waals surface area contributed by atoms with Crippen LogP contribution >= 0.6 is 0 Å². The van der Waals surface area contributed by atoms with Crippen molar-refractivity contribution in [1.82, 2.24) is 5.32 Å². The van der Waals surface area contributed by atoms with Crippen LogP contribution in [-0.2, 0) is 39.5 Å². The van der Waals surface area contributed by atoms with E-state index in [0.717, 1.165) is 6.42 Å². The van der Waals surface area contributed by atoms with Crippen molar-refractivity contribution in [1.29, 1.82) is 0 Å². The molecule has 0 bridgehead atoms. The van der Waals surface area contributed by atoms with Crippen molar-refractivity contribution < 1.29 is 44.3 Å². The maximum absolute atomic E-state index is 10.5. The summed E-state index contributed by atoms with van der Waals surface area (Å²) in [6.07, 6.45) is 0.731. The van der Waals surface area contributed by atoms with E-state index in [0.29, 0.717) is 32.4 Å². The predicted molar refractivity (Wildman–Crippen MR) is 67.6 cm³/mol. The van der Waals surface area contributed by atoms with Gasteiger partial charge in [-0.15, -0.1) is 0 Å². The van der Waals surface area contributed by atoms with E-state index in [1.165, 1.54) is 0 Å². The van der Waals surface area contributed by atoms with Crippen LogP contribution in [0.15, 0.2) is 0 Å². The maximum atomic E-state index is 10.5. The third kappa shape index (κ3) is 9.22. The first-order valence-corrected chi connectivity index (χ1v) is 7.98. The fourth-order valence-electron chi connectivity index (χ4n) is 1.52. The largest absolute Gasteiger partial charge is 0.500 e. The van der Waals surface area contributed by atoms with Crippen LogP contribution in [0.25, 0.3) is 0 Å². The summed E-state index contributed by atoms with van der Waals surface area (Å²) in [5.74, 6) is 0. The molecule has 0 spiro atoms. The van der Waals surface area contributed by atoms with Gasteiger partial charge < -0.3 is 24.3 Å². The number of hydrogen-bond donors (Lipinski definition) is 2. The maximum Gasteiger partial charge on any atom is 0.500 e. The van der Waals surface area contributed by atoms with Crippen molar-refractivity contribution in [3.8, 4) is 0 Å². The van der Waals surface area contributed by atoms with Crippen LogP contribution in [0.4, 0.5) is 4.79 Å². The Morgan fingerprint density at radius 2 is 1.56 bits per heavy atom. The van der Waals surface area contributed by atoms with Crippen molar-refractivity contribution in [2.24, 2.45) is 5.73 Å². The summed E-state index contributed by atoms with van der Waals surface area (Å²) in [4.78, 5) is 10.5. The third-order valence-electron chi connectivity index (χ3n) is 2.05. The molecule has 0 aliphatic carbocycles. The van der Waals surface area contributed by atoms with Gasteiger partial charge in [-0.1, -0.05) is 0 Å². The Kier molecular flexibility index (Phi) is 14.0. The summed E-state index contributed by atoms with van der Waals surface area (Å²) >= 11 is 0. The minimum absolute atomic E-state index is 0. The van der Waals surface area contributed by atoms with Crippen LogP contribution < -0.4 is 11.1 Å². The Morgan fingerprint density at radius 3 is 1.89 bits per heavy atom. The Hall–Kier alpha value is 0.250. The summed E-state index contributed by atoms with van der Waals surface area (Å²) in [7, 11) is -2.56. The summed E-state index contributed by atoms with van der Waals surface area (Å²) in [5, 5.41) is 2.54. The van der Waals surface area contributed by atoms with Crippen LogP contribution in [0.2, 0.25) is 6.04 Å². The fourth-order valence-corrected chi connectivity index (χ4v) is 4.13. The van der Waals surface area contributed by atoms with Crippen LogP contribution in [0.3, 0.4) is 0 Å². The minimum Gasteiger partial charge on any atom is -0.374 e. The molecule has 0 aromatic rings. The molecule has 3 N–H and O–H groups in total. The summed E-state index contributed by atoms with van der Waals surface area (Å²) < 4.78 is 17.0. The van der Waals surface area contributed by atoms with Gasteiger partial charge in [-0.25, -0.2) is 4.79 Å². The molecule has 0 atom stereocenters. The molecular weight excluding hydrogens is 331 g/mol. The second-order valence-electron chi connectivity index (χ2n) is 3.38. The van der Waals surface area contributed by atoms with E-state index in [1.54, 1.807) is 0 Å². The third-order valence-corrected chi connectivity index (χ3v) is 5.20. The van der Waals surface area contributed by atoms with Gasteiger partial charge in [-0.05, 0) is 27.2 Å². The van der Waals surface area contributed by atoms with Gasteiger partial charge in [-0.2, -0.15) is 0 Å². The Labute approximate surface area is 129 Å². The normalized spacial score (nSPS) is 10.8. The monoisotopic (exact) mass is 354 g/mol. The average Bonchev–Trinajstić information content (AvgIpc) is 2.25. The number of nitrogens with one attached hydrogen (secondary N) is 1. The van der Waals surface area contributed by atoms with Gasteiger partial charge in [0.1, 0.15) is 0 Å². The average molecular weight is 356 g/mol. The van der Waals surface area contributed by atoms with E-state index >= 15 is 0 Å². The van der Waals surface area contributed by atoms with Crippen molar-refractivity contribution in [3.05, 3.63) is 0 Å². The summed E-state index contributed by atoms with van der Waals surface area (Å²) in [5.41, 5.74) is 4.99. The van der Waals surface area contributed by atoms with Gasteiger partial charge in [0.25, 0.3) is 0 Å². The Balaban J connectivity index is 0. The topological polar surface area (TPSA) is 82.8 Å². The van der Waals surface area contributed by atoms with Crippen LogP contribution in [0.5, 0.6) is 0 Å². The predicted octanol–water partition coefficient (Wildman–Crippen LogP) is 1.09. The molecule has 106 valence electrons. The second kappa shape index (κ2) is 12.3. The molecule has 0 saturated heterocycles. The van der Waals surface area contributed by atoms with Crippen molar-refractivity contribution >= 4 is 14.8 Å². The van der Waals surface area contributed by atoms with Crippen LogP contribution in [0, 0.1) is 0 Å². The van der Waals surface area contributed by atoms with Crippen LogP contribution in [0.1, 0.15) is 27.2 Å². The molecule has 6 nitrogen and oxygen atoms in total. The molecule has 0 aliphatic rings. The molecule has 0 aromatic heterocycles. The van der Waals surface area contributed by atoms with E-state index in [-0.39, 0.29) is 26.2 Å². The number of primary amides is 1. The van der Waals surface area contributed by atoms with E-state index in [1.807, 2.05) is 20.8 Å². The zero-order chi connectivity index (χ0) is 13.1. The molecule has 0 rings (SSSR count). The molecule has 18 heavy (non-hydrogen) atoms. The molecule has 0 unspecified atom stereocenters. The van der Waals surface area contributed by atoms with Gasteiger partial charge in [0.15, 0.2) is 0 Å². The number of amides is 2.